The van der Waals surface area contributed by atoms with Crippen LogP contribution in [0.15, 0.2) is 17.3 Å². The smallest absolute Gasteiger partial charge is 0.271 e. The first-order valence-electron chi connectivity index (χ1n) is 14.7. The van der Waals surface area contributed by atoms with Crippen molar-refractivity contribution in [3.8, 4) is 0 Å². The number of oxime groups is 1. The SMILES string of the molecule is CCC1NON=C1C(=O)NC(c1nc2nc(C3COCCN3C(=O)C34CC(F)(C3)C4)ccc2[nH]1)C1CCC(F)(F)CC1. The molecule has 226 valence electrons. The first kappa shape index (κ1) is 27.6. The number of carbonyl (C=O) groups excluding carboxylic acids is 2. The number of nitrogens with one attached hydrogen (secondary N) is 3. The fourth-order valence-corrected chi connectivity index (χ4v) is 7.30. The molecule has 2 aromatic heterocycles. The summed E-state index contributed by atoms with van der Waals surface area (Å²) in [7, 11) is 0. The molecule has 11 nitrogen and oxygen atoms in total. The minimum absolute atomic E-state index is 0.0458. The highest BCUT2D eigenvalue weighted by molar-refractivity contribution is 6.41. The number of alkyl halides is 3. The van der Waals surface area contributed by atoms with Gasteiger partial charge in [0.1, 0.15) is 11.5 Å². The Balaban J connectivity index is 1.16. The number of H-pyrrole nitrogens is 1. The molecule has 1 saturated heterocycles. The Bertz CT molecular complexity index is 1420. The van der Waals surface area contributed by atoms with E-state index in [1.807, 2.05) is 13.0 Å². The maximum Gasteiger partial charge on any atom is 0.271 e. The van der Waals surface area contributed by atoms with Crippen molar-refractivity contribution in [1.82, 2.24) is 30.6 Å². The van der Waals surface area contributed by atoms with Gasteiger partial charge in [-0.1, -0.05) is 12.1 Å². The third kappa shape index (κ3) is 4.62. The second-order valence-electron chi connectivity index (χ2n) is 12.6. The van der Waals surface area contributed by atoms with Gasteiger partial charge < -0.3 is 19.9 Å². The summed E-state index contributed by atoms with van der Waals surface area (Å²) < 4.78 is 47.9. The third-order valence-electron chi connectivity index (χ3n) is 9.66. The fourth-order valence-electron chi connectivity index (χ4n) is 7.30. The van der Waals surface area contributed by atoms with Crippen molar-refractivity contribution in [1.29, 1.82) is 0 Å². The topological polar surface area (TPSA) is 134 Å². The predicted octanol–water partition coefficient (Wildman–Crippen LogP) is 3.40. The van der Waals surface area contributed by atoms with Crippen LogP contribution in [-0.4, -0.2) is 74.8 Å². The molecule has 2 amide bonds. The van der Waals surface area contributed by atoms with Crippen LogP contribution in [0.1, 0.15) is 81.9 Å². The molecular formula is C28H34F3N7O4. The number of aromatic nitrogens is 3. The van der Waals surface area contributed by atoms with Gasteiger partial charge in [0.15, 0.2) is 11.4 Å². The summed E-state index contributed by atoms with van der Waals surface area (Å²) in [6, 6.07) is 2.11. The third-order valence-corrected chi connectivity index (χ3v) is 9.66. The highest BCUT2D eigenvalue weighted by Crippen LogP contribution is 2.70. The van der Waals surface area contributed by atoms with Gasteiger partial charge in [0.2, 0.25) is 11.8 Å². The normalized spacial score (nSPS) is 32.9. The van der Waals surface area contributed by atoms with Crippen LogP contribution in [0, 0.1) is 11.3 Å². The molecule has 4 aliphatic carbocycles. The van der Waals surface area contributed by atoms with E-state index in [-0.39, 0.29) is 75.1 Å². The van der Waals surface area contributed by atoms with Crippen LogP contribution >= 0.6 is 0 Å². The lowest BCUT2D eigenvalue weighted by Crippen LogP contribution is -2.71. The summed E-state index contributed by atoms with van der Waals surface area (Å²) in [5.41, 5.74) is 2.67. The lowest BCUT2D eigenvalue weighted by molar-refractivity contribution is -0.226. The molecule has 0 radical (unpaired) electrons. The van der Waals surface area contributed by atoms with Gasteiger partial charge >= 0.3 is 0 Å². The number of pyridine rings is 1. The molecule has 14 heteroatoms. The molecule has 5 fully saturated rings. The van der Waals surface area contributed by atoms with Gasteiger partial charge in [0, 0.05) is 19.4 Å². The predicted molar refractivity (Wildman–Crippen MR) is 143 cm³/mol. The number of nitrogens with zero attached hydrogens (tertiary/aromatic N) is 4. The van der Waals surface area contributed by atoms with E-state index in [4.69, 9.17) is 19.6 Å². The molecule has 4 saturated carbocycles. The van der Waals surface area contributed by atoms with Gasteiger partial charge in [-0.05, 0) is 56.6 Å². The molecule has 3 N–H and O–H groups in total. The number of hydrogen-bond acceptors (Lipinski definition) is 8. The summed E-state index contributed by atoms with van der Waals surface area (Å²) >= 11 is 0. The van der Waals surface area contributed by atoms with Gasteiger partial charge in [-0.15, -0.1) is 5.48 Å². The van der Waals surface area contributed by atoms with Gasteiger partial charge in [0.05, 0.1) is 48.0 Å². The quantitative estimate of drug-likeness (QED) is 0.451. The second kappa shape index (κ2) is 9.90. The molecule has 4 heterocycles. The van der Waals surface area contributed by atoms with E-state index in [0.29, 0.717) is 42.3 Å². The summed E-state index contributed by atoms with van der Waals surface area (Å²) in [4.78, 5) is 46.1. The number of imidazole rings is 1. The van der Waals surface area contributed by atoms with Gasteiger partial charge in [-0.25, -0.2) is 23.1 Å². The number of ether oxygens (including phenoxy) is 1. The lowest BCUT2D eigenvalue weighted by Gasteiger charge is -2.65. The van der Waals surface area contributed by atoms with Crippen LogP contribution in [0.5, 0.6) is 0 Å². The molecule has 0 aromatic carbocycles. The van der Waals surface area contributed by atoms with E-state index in [1.54, 1.807) is 11.0 Å². The number of hydrogen-bond donors (Lipinski definition) is 3. The molecule has 2 bridgehead atoms. The number of morpholine rings is 1. The van der Waals surface area contributed by atoms with Crippen molar-refractivity contribution in [2.75, 3.05) is 19.8 Å². The Morgan fingerprint density at radius 3 is 2.64 bits per heavy atom. The number of rotatable bonds is 7. The maximum atomic E-state index is 14.2. The summed E-state index contributed by atoms with van der Waals surface area (Å²) in [6.07, 6.45) is 1.31. The molecule has 6 aliphatic rings. The van der Waals surface area contributed by atoms with Crippen molar-refractivity contribution in [3.63, 3.8) is 0 Å². The molecule has 3 unspecified atom stereocenters. The zero-order valence-corrected chi connectivity index (χ0v) is 23.3. The van der Waals surface area contributed by atoms with E-state index in [1.165, 1.54) is 0 Å². The Kier molecular flexibility index (Phi) is 6.50. The zero-order valence-electron chi connectivity index (χ0n) is 23.3. The molecule has 8 rings (SSSR count). The number of aromatic amines is 1. The average molecular weight is 590 g/mol. The van der Waals surface area contributed by atoms with Crippen molar-refractivity contribution < 1.29 is 32.4 Å². The average Bonchev–Trinajstić information content (AvgIpc) is 3.60. The van der Waals surface area contributed by atoms with Crippen molar-refractivity contribution in [2.45, 2.75) is 88.0 Å². The molecule has 0 spiro atoms. The number of amides is 2. The minimum atomic E-state index is -2.73. The number of hydroxylamine groups is 1. The highest BCUT2D eigenvalue weighted by atomic mass is 19.3. The second-order valence-corrected chi connectivity index (χ2v) is 12.6. The molecule has 2 aliphatic heterocycles. The molecule has 2 aromatic rings. The Hall–Kier alpha value is -3.26. The Morgan fingerprint density at radius 2 is 1.93 bits per heavy atom. The zero-order chi connectivity index (χ0) is 29.3. The largest absolute Gasteiger partial charge is 0.377 e. The van der Waals surface area contributed by atoms with Gasteiger partial charge in [0.25, 0.3) is 5.91 Å². The van der Waals surface area contributed by atoms with Crippen molar-refractivity contribution in [3.05, 3.63) is 23.7 Å². The lowest BCUT2D eigenvalue weighted by atomic mass is 9.42. The molecule has 42 heavy (non-hydrogen) atoms. The Morgan fingerprint density at radius 1 is 1.17 bits per heavy atom. The summed E-state index contributed by atoms with van der Waals surface area (Å²) in [5, 5.41) is 6.81. The van der Waals surface area contributed by atoms with Crippen LogP contribution < -0.4 is 10.8 Å². The molecular weight excluding hydrogens is 555 g/mol. The first-order chi connectivity index (χ1) is 20.1. The van der Waals surface area contributed by atoms with E-state index < -0.39 is 35.0 Å². The van der Waals surface area contributed by atoms with Crippen LogP contribution in [0.3, 0.4) is 0 Å². The number of halogens is 3. The minimum Gasteiger partial charge on any atom is -0.377 e. The molecule has 3 atom stereocenters. The summed E-state index contributed by atoms with van der Waals surface area (Å²) in [5.74, 6) is -3.10. The van der Waals surface area contributed by atoms with Crippen LogP contribution in [0.4, 0.5) is 13.2 Å². The van der Waals surface area contributed by atoms with E-state index in [2.05, 4.69) is 20.9 Å². The van der Waals surface area contributed by atoms with Crippen LogP contribution in [0.2, 0.25) is 0 Å². The number of fused-ring (bicyclic) bond motifs is 1. The standard InChI is InChI=1S/C28H34F3N7O4/c1-2-16-21(37-42-36-16)24(39)34-20(15-5-7-28(30,31)8-6-15)23-33-18-4-3-17(32-22(18)35-23)19-11-41-10-9-38(19)25(40)26-12-27(29,13-26)14-26/h3-4,15-16,19-20,36H,2,5-14H2,1H3,(H,34,39)(H,32,33,35). The number of carbonyl (C=O) groups is 2. The monoisotopic (exact) mass is 589 g/mol. The van der Waals surface area contributed by atoms with Crippen LogP contribution in [-0.2, 0) is 19.3 Å². The summed E-state index contributed by atoms with van der Waals surface area (Å²) in [6.45, 7) is 2.96. The maximum absolute atomic E-state index is 14.2. The van der Waals surface area contributed by atoms with E-state index in [9.17, 15) is 22.8 Å². The van der Waals surface area contributed by atoms with Gasteiger partial charge in [-0.2, -0.15) is 0 Å². The fraction of sp³-hybridized carbons (Fsp3) is 0.679. The van der Waals surface area contributed by atoms with Gasteiger partial charge in [-0.3, -0.25) is 14.5 Å². The Labute approximate surface area is 239 Å². The van der Waals surface area contributed by atoms with E-state index in [0.717, 1.165) is 0 Å². The first-order valence-corrected chi connectivity index (χ1v) is 14.7. The van der Waals surface area contributed by atoms with Crippen LogP contribution in [0.25, 0.3) is 11.2 Å². The highest BCUT2D eigenvalue weighted by Gasteiger charge is 2.73. The van der Waals surface area contributed by atoms with E-state index >= 15 is 0 Å². The van der Waals surface area contributed by atoms with Crippen molar-refractivity contribution in [2.24, 2.45) is 16.5 Å². The van der Waals surface area contributed by atoms with Crippen molar-refractivity contribution >= 4 is 28.7 Å².